The summed E-state index contributed by atoms with van der Waals surface area (Å²) >= 11 is 0. The van der Waals surface area contributed by atoms with Gasteiger partial charge in [-0.3, -0.25) is 0 Å². The summed E-state index contributed by atoms with van der Waals surface area (Å²) in [6.45, 7) is 17.3. The molecule has 37 heavy (non-hydrogen) atoms. The molecule has 192 valence electrons. The van der Waals surface area contributed by atoms with Crippen molar-refractivity contribution >= 4 is 27.2 Å². The average Bonchev–Trinajstić information content (AvgIpc) is 2.93. The largest absolute Gasteiger partial charge is 0.366 e. The molecule has 0 spiro atoms. The third-order valence-electron chi connectivity index (χ3n) is 7.77. The zero-order valence-corrected chi connectivity index (χ0v) is 24.0. The summed E-state index contributed by atoms with van der Waals surface area (Å²) in [6, 6.07) is 9.90. The molecule has 1 heterocycles. The summed E-state index contributed by atoms with van der Waals surface area (Å²) in [6.07, 6.45) is 11.1. The number of anilines is 1. The van der Waals surface area contributed by atoms with Gasteiger partial charge in [0.15, 0.2) is 0 Å². The number of nitrogens with zero attached hydrogens (tertiary/aromatic N) is 1. The summed E-state index contributed by atoms with van der Waals surface area (Å²) in [7, 11) is -3.67. The van der Waals surface area contributed by atoms with Gasteiger partial charge >= 0.3 is 0 Å². The van der Waals surface area contributed by atoms with Crippen molar-refractivity contribution in [1.82, 2.24) is 0 Å². The molecule has 2 aromatic rings. The molecule has 0 saturated heterocycles. The summed E-state index contributed by atoms with van der Waals surface area (Å²) in [5.74, 6) is 0.403. The highest BCUT2D eigenvalue weighted by Gasteiger charge is 2.40. The van der Waals surface area contributed by atoms with Crippen LogP contribution in [0.4, 0.5) is 5.69 Å². The maximum Gasteiger partial charge on any atom is 0.209 e. The van der Waals surface area contributed by atoms with Crippen molar-refractivity contribution in [1.29, 1.82) is 0 Å². The van der Waals surface area contributed by atoms with E-state index in [4.69, 9.17) is 0 Å². The molecule has 4 heteroatoms. The van der Waals surface area contributed by atoms with Crippen molar-refractivity contribution in [3.8, 4) is 11.1 Å². The molecule has 3 nitrogen and oxygen atoms in total. The monoisotopic (exact) mass is 511 g/mol. The van der Waals surface area contributed by atoms with Crippen LogP contribution in [0.5, 0.6) is 0 Å². The van der Waals surface area contributed by atoms with Crippen molar-refractivity contribution in [2.24, 2.45) is 5.92 Å². The van der Waals surface area contributed by atoms with Crippen LogP contribution < -0.4 is 4.90 Å². The molecule has 0 atom stereocenters. The minimum Gasteiger partial charge on any atom is -0.366 e. The first kappa shape index (κ1) is 25.5. The van der Waals surface area contributed by atoms with E-state index in [0.29, 0.717) is 15.7 Å². The predicted molar refractivity (Wildman–Crippen MR) is 156 cm³/mol. The maximum absolute atomic E-state index is 14.1. The predicted octanol–water partition coefficient (Wildman–Crippen LogP) is 8.39. The van der Waals surface area contributed by atoms with Crippen molar-refractivity contribution in [2.45, 2.75) is 77.3 Å². The van der Waals surface area contributed by atoms with Crippen LogP contribution in [0.25, 0.3) is 22.8 Å². The highest BCUT2D eigenvalue weighted by molar-refractivity contribution is 7.92. The maximum atomic E-state index is 14.1. The van der Waals surface area contributed by atoms with E-state index in [1.807, 2.05) is 18.2 Å². The van der Waals surface area contributed by atoms with E-state index in [0.717, 1.165) is 27.9 Å². The molecule has 2 aliphatic carbocycles. The second-order valence-electron chi connectivity index (χ2n) is 11.3. The molecule has 0 N–H and O–H groups in total. The molecule has 5 rings (SSSR count). The first-order valence-corrected chi connectivity index (χ1v) is 14.8. The lowest BCUT2D eigenvalue weighted by molar-refractivity contribution is 0.589. The molecular weight excluding hydrogens is 474 g/mol. The molecule has 0 fully saturated rings. The van der Waals surface area contributed by atoms with Crippen molar-refractivity contribution in [3.05, 3.63) is 88.1 Å². The van der Waals surface area contributed by atoms with Crippen molar-refractivity contribution < 1.29 is 8.42 Å². The molecule has 2 aromatic carbocycles. The van der Waals surface area contributed by atoms with Crippen LogP contribution in [0.3, 0.4) is 0 Å². The molecule has 0 radical (unpaired) electrons. The molecule has 0 bridgehead atoms. The zero-order valence-electron chi connectivity index (χ0n) is 23.2. The molecule has 0 aromatic heterocycles. The second-order valence-corrected chi connectivity index (χ2v) is 13.1. The van der Waals surface area contributed by atoms with Gasteiger partial charge in [0.25, 0.3) is 0 Å². The van der Waals surface area contributed by atoms with E-state index in [9.17, 15) is 8.42 Å². The third-order valence-corrected chi connectivity index (χ3v) is 9.65. The van der Waals surface area contributed by atoms with Gasteiger partial charge in [-0.25, -0.2) is 8.42 Å². The van der Waals surface area contributed by atoms with Gasteiger partial charge in [-0.1, -0.05) is 62.4 Å². The minimum absolute atomic E-state index is 0.135. The fourth-order valence-electron chi connectivity index (χ4n) is 6.08. The number of hydrogen-bond donors (Lipinski definition) is 0. The summed E-state index contributed by atoms with van der Waals surface area (Å²) < 4.78 is 28.2. The second kappa shape index (κ2) is 9.02. The number of benzene rings is 2. The highest BCUT2D eigenvalue weighted by Crippen LogP contribution is 2.54. The lowest BCUT2D eigenvalue weighted by Gasteiger charge is -2.35. The minimum atomic E-state index is -3.67. The van der Waals surface area contributed by atoms with Crippen LogP contribution in [-0.2, 0) is 9.84 Å². The van der Waals surface area contributed by atoms with Gasteiger partial charge in [-0.2, -0.15) is 0 Å². The molecular formula is C33H37NO2S. The Balaban J connectivity index is 1.96. The van der Waals surface area contributed by atoms with Crippen molar-refractivity contribution in [2.75, 3.05) is 4.90 Å². The van der Waals surface area contributed by atoms with E-state index in [1.165, 1.54) is 27.9 Å². The Morgan fingerprint density at radius 2 is 1.43 bits per heavy atom. The Labute approximate surface area is 222 Å². The lowest BCUT2D eigenvalue weighted by Crippen LogP contribution is -2.38. The molecule has 0 unspecified atom stereocenters. The molecule has 0 amide bonds. The third kappa shape index (κ3) is 3.88. The van der Waals surface area contributed by atoms with E-state index in [1.54, 1.807) is 6.07 Å². The Morgan fingerprint density at radius 3 is 2.08 bits per heavy atom. The SMILES string of the molecule is CC1=C2C=C(C(C)C)C=CC(C)=C2c2cc(N(C(C)C)C(C)C)c3c(c2C=C1)-c1ccccc1S3(=O)=O. The van der Waals surface area contributed by atoms with Crippen LogP contribution in [0.2, 0.25) is 0 Å². The van der Waals surface area contributed by atoms with Crippen LogP contribution in [-0.4, -0.2) is 20.5 Å². The number of hydrogen-bond acceptors (Lipinski definition) is 3. The van der Waals surface area contributed by atoms with Crippen LogP contribution >= 0.6 is 0 Å². The smallest absolute Gasteiger partial charge is 0.209 e. The zero-order chi connectivity index (χ0) is 26.8. The van der Waals surface area contributed by atoms with Gasteiger partial charge in [-0.15, -0.1) is 0 Å². The highest BCUT2D eigenvalue weighted by atomic mass is 32.2. The summed E-state index contributed by atoms with van der Waals surface area (Å²) in [5.41, 5.74) is 10.6. The number of rotatable bonds is 4. The Kier molecular flexibility index (Phi) is 6.23. The first-order valence-electron chi connectivity index (χ1n) is 13.3. The lowest BCUT2D eigenvalue weighted by atomic mass is 9.85. The van der Waals surface area contributed by atoms with Gasteiger partial charge in [0.2, 0.25) is 9.84 Å². The van der Waals surface area contributed by atoms with Gasteiger partial charge in [0, 0.05) is 23.2 Å². The molecule has 0 saturated carbocycles. The van der Waals surface area contributed by atoms with E-state index < -0.39 is 9.84 Å². The molecule has 3 aliphatic rings. The van der Waals surface area contributed by atoms with E-state index in [-0.39, 0.29) is 12.1 Å². The first-order chi connectivity index (χ1) is 17.4. The average molecular weight is 512 g/mol. The van der Waals surface area contributed by atoms with Gasteiger partial charge in [-0.05, 0) is 98.6 Å². The number of allylic oxidation sites excluding steroid dienone is 9. The fourth-order valence-corrected chi connectivity index (χ4v) is 7.94. The Hall–Kier alpha value is -3.11. The van der Waals surface area contributed by atoms with Gasteiger partial charge in [0.1, 0.15) is 4.90 Å². The van der Waals surface area contributed by atoms with E-state index in [2.05, 4.69) is 96.7 Å². The normalized spacial score (nSPS) is 17.5. The standard InChI is InChI=1S/C33H37NO2S/c1-19(2)24-15-13-23(8)31-27(17-24)22(7)14-16-25-28(31)18-29(34(20(3)4)21(5)6)33-32(25)26-11-9-10-12-30(26)37(33,35)36/h9-21H,1-8H3. The molecule has 1 aliphatic heterocycles. The van der Waals surface area contributed by atoms with Gasteiger partial charge in [0.05, 0.1) is 10.6 Å². The Morgan fingerprint density at radius 1 is 0.784 bits per heavy atom. The summed E-state index contributed by atoms with van der Waals surface area (Å²) in [4.78, 5) is 3.11. The topological polar surface area (TPSA) is 37.4 Å². The van der Waals surface area contributed by atoms with E-state index >= 15 is 0 Å². The Bertz CT molecular complexity index is 1570. The van der Waals surface area contributed by atoms with Crippen LogP contribution in [0.1, 0.15) is 66.5 Å². The van der Waals surface area contributed by atoms with Gasteiger partial charge < -0.3 is 4.90 Å². The fraction of sp³-hybridized carbons (Fsp3) is 0.333. The number of sulfone groups is 1. The van der Waals surface area contributed by atoms with Crippen LogP contribution in [0.15, 0.2) is 86.7 Å². The quantitative estimate of drug-likeness (QED) is 0.353. The van der Waals surface area contributed by atoms with Crippen molar-refractivity contribution in [3.63, 3.8) is 0 Å². The number of fused-ring (bicyclic) bond motifs is 7. The summed E-state index contributed by atoms with van der Waals surface area (Å²) in [5, 5.41) is 0. The van der Waals surface area contributed by atoms with Crippen LogP contribution in [0, 0.1) is 5.92 Å².